The number of hydrogen-bond acceptors (Lipinski definition) is 5. The maximum Gasteiger partial charge on any atom is 0.264 e. The number of rotatable bonds is 5. The van der Waals surface area contributed by atoms with Gasteiger partial charge in [0.15, 0.2) is 5.65 Å². The van der Waals surface area contributed by atoms with Gasteiger partial charge in [-0.1, -0.05) is 18.2 Å². The molecule has 0 radical (unpaired) electrons. The summed E-state index contributed by atoms with van der Waals surface area (Å²) in [7, 11) is 1.55. The van der Waals surface area contributed by atoms with E-state index in [0.29, 0.717) is 22.3 Å². The van der Waals surface area contributed by atoms with Gasteiger partial charge in [0, 0.05) is 18.3 Å². The Bertz CT molecular complexity index is 1280. The first-order chi connectivity index (χ1) is 14.6. The Morgan fingerprint density at radius 2 is 1.77 bits per heavy atom. The molecule has 0 aliphatic carbocycles. The molecule has 2 aromatic carbocycles. The Labute approximate surface area is 171 Å². The van der Waals surface area contributed by atoms with Crippen molar-refractivity contribution in [1.82, 2.24) is 24.6 Å². The molecular formula is C21H18N6O3. The second kappa shape index (κ2) is 8.00. The van der Waals surface area contributed by atoms with Crippen molar-refractivity contribution in [1.29, 1.82) is 0 Å². The van der Waals surface area contributed by atoms with Gasteiger partial charge in [0.05, 0.1) is 11.9 Å². The van der Waals surface area contributed by atoms with Crippen LogP contribution in [0.25, 0.3) is 16.7 Å². The second-order valence-electron chi connectivity index (χ2n) is 6.51. The van der Waals surface area contributed by atoms with Gasteiger partial charge in [-0.2, -0.15) is 5.10 Å². The molecule has 9 nitrogen and oxygen atoms in total. The van der Waals surface area contributed by atoms with Crippen molar-refractivity contribution in [2.24, 2.45) is 0 Å². The molecule has 0 saturated heterocycles. The van der Waals surface area contributed by atoms with Crippen molar-refractivity contribution in [3.05, 3.63) is 83.0 Å². The fourth-order valence-corrected chi connectivity index (χ4v) is 3.02. The van der Waals surface area contributed by atoms with Crippen LogP contribution in [0.2, 0.25) is 0 Å². The van der Waals surface area contributed by atoms with Gasteiger partial charge in [0.25, 0.3) is 11.5 Å². The van der Waals surface area contributed by atoms with E-state index in [1.165, 1.54) is 17.1 Å². The maximum absolute atomic E-state index is 12.8. The van der Waals surface area contributed by atoms with E-state index in [9.17, 15) is 14.4 Å². The summed E-state index contributed by atoms with van der Waals surface area (Å²) in [4.78, 5) is 41.0. The molecule has 4 rings (SSSR count). The average molecular weight is 402 g/mol. The van der Waals surface area contributed by atoms with E-state index in [1.807, 2.05) is 30.3 Å². The largest absolute Gasteiger partial charge is 0.355 e. The Morgan fingerprint density at radius 1 is 1.03 bits per heavy atom. The standard InChI is InChI=1S/C21H18N6O3/c1-22-20(29)14-7-9-15(10-8-14)25-18(28)12-26-13-23-19-17(21(26)30)11-24-27(19)16-5-3-2-4-6-16/h2-11,13H,12H2,1H3,(H,22,29)(H,25,28). The van der Waals surface area contributed by atoms with Crippen molar-refractivity contribution < 1.29 is 9.59 Å². The van der Waals surface area contributed by atoms with Crippen molar-refractivity contribution >= 4 is 28.5 Å². The molecule has 9 heteroatoms. The molecule has 2 heterocycles. The van der Waals surface area contributed by atoms with Crippen LogP contribution in [0.1, 0.15) is 10.4 Å². The molecule has 0 unspecified atom stereocenters. The zero-order chi connectivity index (χ0) is 21.1. The van der Waals surface area contributed by atoms with Gasteiger partial charge in [-0.05, 0) is 36.4 Å². The van der Waals surface area contributed by atoms with Crippen LogP contribution in [0.15, 0.2) is 71.9 Å². The summed E-state index contributed by atoms with van der Waals surface area (Å²) in [5.41, 5.74) is 1.86. The number of para-hydroxylation sites is 1. The third-order valence-corrected chi connectivity index (χ3v) is 4.53. The van der Waals surface area contributed by atoms with E-state index in [0.717, 1.165) is 5.69 Å². The van der Waals surface area contributed by atoms with Crippen LogP contribution < -0.4 is 16.2 Å². The predicted octanol–water partition coefficient (Wildman–Crippen LogP) is 1.58. The SMILES string of the molecule is CNC(=O)c1ccc(NC(=O)Cn2cnc3c(cnn3-c3ccccc3)c2=O)cc1. The highest BCUT2D eigenvalue weighted by Crippen LogP contribution is 2.13. The molecule has 30 heavy (non-hydrogen) atoms. The van der Waals surface area contributed by atoms with Gasteiger partial charge in [-0.15, -0.1) is 0 Å². The van der Waals surface area contributed by atoms with E-state index in [-0.39, 0.29) is 23.9 Å². The average Bonchev–Trinajstić information content (AvgIpc) is 3.21. The Balaban J connectivity index is 1.53. The summed E-state index contributed by atoms with van der Waals surface area (Å²) in [5, 5.41) is 9.81. The first kappa shape index (κ1) is 19.1. The van der Waals surface area contributed by atoms with Crippen molar-refractivity contribution in [3.63, 3.8) is 0 Å². The quantitative estimate of drug-likeness (QED) is 0.527. The summed E-state index contributed by atoms with van der Waals surface area (Å²) in [6, 6.07) is 15.8. The molecule has 2 N–H and O–H groups in total. The highest BCUT2D eigenvalue weighted by atomic mass is 16.2. The smallest absolute Gasteiger partial charge is 0.264 e. The lowest BCUT2D eigenvalue weighted by atomic mass is 10.2. The second-order valence-corrected chi connectivity index (χ2v) is 6.51. The summed E-state index contributed by atoms with van der Waals surface area (Å²) in [6.07, 6.45) is 2.78. The fourth-order valence-electron chi connectivity index (χ4n) is 3.02. The van der Waals surface area contributed by atoms with E-state index < -0.39 is 0 Å². The lowest BCUT2D eigenvalue weighted by Crippen LogP contribution is -2.27. The number of carbonyl (C=O) groups is 2. The zero-order valence-electron chi connectivity index (χ0n) is 16.1. The number of benzene rings is 2. The number of hydrogen-bond donors (Lipinski definition) is 2. The number of anilines is 1. The van der Waals surface area contributed by atoms with Crippen LogP contribution >= 0.6 is 0 Å². The van der Waals surface area contributed by atoms with Crippen molar-refractivity contribution in [3.8, 4) is 5.69 Å². The number of carbonyl (C=O) groups excluding carboxylic acids is 2. The van der Waals surface area contributed by atoms with Crippen LogP contribution in [-0.4, -0.2) is 38.2 Å². The molecule has 0 spiro atoms. The molecule has 0 atom stereocenters. The molecule has 0 saturated carbocycles. The first-order valence-corrected chi connectivity index (χ1v) is 9.17. The van der Waals surface area contributed by atoms with E-state index in [2.05, 4.69) is 20.7 Å². The molecule has 2 amide bonds. The lowest BCUT2D eigenvalue weighted by molar-refractivity contribution is -0.116. The number of nitrogens with one attached hydrogen (secondary N) is 2. The predicted molar refractivity (Wildman–Crippen MR) is 112 cm³/mol. The Kier molecular flexibility index (Phi) is 5.08. The Morgan fingerprint density at radius 3 is 2.47 bits per heavy atom. The van der Waals surface area contributed by atoms with Gasteiger partial charge in [0.1, 0.15) is 18.3 Å². The van der Waals surface area contributed by atoms with Crippen LogP contribution in [0.4, 0.5) is 5.69 Å². The first-order valence-electron chi connectivity index (χ1n) is 9.17. The molecule has 0 aliphatic heterocycles. The summed E-state index contributed by atoms with van der Waals surface area (Å²) < 4.78 is 2.81. The monoisotopic (exact) mass is 402 g/mol. The topological polar surface area (TPSA) is 111 Å². The van der Waals surface area contributed by atoms with E-state index in [1.54, 1.807) is 36.0 Å². The van der Waals surface area contributed by atoms with Gasteiger partial charge in [0.2, 0.25) is 5.91 Å². The fraction of sp³-hybridized carbons (Fsp3) is 0.0952. The molecule has 0 aliphatic rings. The number of fused-ring (bicyclic) bond motifs is 1. The minimum atomic E-state index is -0.388. The van der Waals surface area contributed by atoms with E-state index in [4.69, 9.17) is 0 Å². The third kappa shape index (κ3) is 3.68. The van der Waals surface area contributed by atoms with Crippen LogP contribution in [0.5, 0.6) is 0 Å². The van der Waals surface area contributed by atoms with Crippen LogP contribution in [-0.2, 0) is 11.3 Å². The number of aromatic nitrogens is 4. The lowest BCUT2D eigenvalue weighted by Gasteiger charge is -2.08. The highest BCUT2D eigenvalue weighted by molar-refractivity contribution is 5.95. The number of amides is 2. The third-order valence-electron chi connectivity index (χ3n) is 4.53. The summed E-state index contributed by atoms with van der Waals surface area (Å²) in [5.74, 6) is -0.601. The van der Waals surface area contributed by atoms with Crippen LogP contribution in [0, 0.1) is 0 Å². The summed E-state index contributed by atoms with van der Waals surface area (Å²) >= 11 is 0. The number of nitrogens with zero attached hydrogens (tertiary/aromatic N) is 4. The van der Waals surface area contributed by atoms with Gasteiger partial charge in [-0.25, -0.2) is 9.67 Å². The molecule has 150 valence electrons. The minimum absolute atomic E-state index is 0.199. The molecular weight excluding hydrogens is 384 g/mol. The summed E-state index contributed by atoms with van der Waals surface area (Å²) in [6.45, 7) is -0.199. The van der Waals surface area contributed by atoms with Crippen molar-refractivity contribution in [2.75, 3.05) is 12.4 Å². The Hall–Kier alpha value is -4.27. The minimum Gasteiger partial charge on any atom is -0.355 e. The maximum atomic E-state index is 12.8. The molecule has 4 aromatic rings. The van der Waals surface area contributed by atoms with Gasteiger partial charge >= 0.3 is 0 Å². The van der Waals surface area contributed by atoms with Crippen LogP contribution in [0.3, 0.4) is 0 Å². The van der Waals surface area contributed by atoms with Gasteiger partial charge in [-0.3, -0.25) is 19.0 Å². The molecule has 0 fully saturated rings. The highest BCUT2D eigenvalue weighted by Gasteiger charge is 2.13. The normalized spacial score (nSPS) is 10.7. The van der Waals surface area contributed by atoms with E-state index >= 15 is 0 Å². The van der Waals surface area contributed by atoms with Gasteiger partial charge < -0.3 is 10.6 Å². The molecule has 2 aromatic heterocycles. The van der Waals surface area contributed by atoms with Crippen molar-refractivity contribution in [2.45, 2.75) is 6.54 Å². The molecule has 0 bridgehead atoms. The zero-order valence-corrected chi connectivity index (χ0v) is 16.1.